The molecule has 3 aliphatic rings. The quantitative estimate of drug-likeness (QED) is 0.296. The van der Waals surface area contributed by atoms with Crippen LogP contribution in [0.25, 0.3) is 0 Å². The van der Waals surface area contributed by atoms with Gasteiger partial charge in [0.25, 0.3) is 0 Å². The number of rotatable bonds is 4. The van der Waals surface area contributed by atoms with Crippen LogP contribution in [0.15, 0.2) is 35.5 Å². The van der Waals surface area contributed by atoms with Crippen molar-refractivity contribution in [3.63, 3.8) is 0 Å². The molecular weight excluding hydrogens is 460 g/mol. The van der Waals surface area contributed by atoms with Gasteiger partial charge < -0.3 is 34.3 Å². The van der Waals surface area contributed by atoms with E-state index in [2.05, 4.69) is 6.58 Å². The summed E-state index contributed by atoms with van der Waals surface area (Å²) in [4.78, 5) is 38.2. The van der Waals surface area contributed by atoms with Crippen molar-refractivity contribution in [3.05, 3.63) is 35.5 Å². The van der Waals surface area contributed by atoms with E-state index < -0.39 is 65.2 Å². The highest BCUT2D eigenvalue weighted by Crippen LogP contribution is 2.51. The molecule has 2 bridgehead atoms. The molecule has 10 heteroatoms. The summed E-state index contributed by atoms with van der Waals surface area (Å²) < 4.78 is 22.7. The number of aliphatic hydroxyl groups is 3. The van der Waals surface area contributed by atoms with Crippen molar-refractivity contribution in [1.82, 2.24) is 0 Å². The van der Waals surface area contributed by atoms with Crippen molar-refractivity contribution < 1.29 is 48.7 Å². The first-order chi connectivity index (χ1) is 16.1. The maximum Gasteiger partial charge on any atom is 0.334 e. The second-order valence-electron chi connectivity index (χ2n) is 9.99. The van der Waals surface area contributed by atoms with E-state index in [4.69, 9.17) is 18.9 Å². The number of carbonyl (C=O) groups excluding carboxylic acids is 3. The molecule has 35 heavy (non-hydrogen) atoms. The van der Waals surface area contributed by atoms with Gasteiger partial charge in [-0.2, -0.15) is 0 Å². The van der Waals surface area contributed by atoms with Crippen LogP contribution >= 0.6 is 0 Å². The third-order valence-electron chi connectivity index (χ3n) is 7.25. The fraction of sp³-hybridized carbons (Fsp3) is 0.640. The van der Waals surface area contributed by atoms with Crippen LogP contribution in [-0.4, -0.2) is 74.6 Å². The highest BCUT2D eigenvalue weighted by Gasteiger charge is 2.69. The van der Waals surface area contributed by atoms with Crippen LogP contribution in [0.2, 0.25) is 0 Å². The number of hydrogen-bond acceptors (Lipinski definition) is 10. The van der Waals surface area contributed by atoms with Gasteiger partial charge in [0, 0.05) is 29.6 Å². The maximum absolute atomic E-state index is 12.8. The van der Waals surface area contributed by atoms with Crippen LogP contribution in [0.3, 0.4) is 0 Å². The van der Waals surface area contributed by atoms with Crippen LogP contribution in [-0.2, 0) is 33.3 Å². The first-order valence-electron chi connectivity index (χ1n) is 11.5. The van der Waals surface area contributed by atoms with Crippen molar-refractivity contribution in [2.45, 2.75) is 95.8 Å². The van der Waals surface area contributed by atoms with E-state index >= 15 is 0 Å². The molecule has 10 nitrogen and oxygen atoms in total. The van der Waals surface area contributed by atoms with Crippen LogP contribution in [0.1, 0.15) is 54.4 Å². The average Bonchev–Trinajstić information content (AvgIpc) is 3.18. The van der Waals surface area contributed by atoms with Gasteiger partial charge in [0.2, 0.25) is 5.79 Å². The van der Waals surface area contributed by atoms with Crippen molar-refractivity contribution in [3.8, 4) is 0 Å². The Labute approximate surface area is 204 Å². The predicted molar refractivity (Wildman–Crippen MR) is 121 cm³/mol. The second kappa shape index (κ2) is 9.16. The van der Waals surface area contributed by atoms with E-state index in [-0.39, 0.29) is 29.6 Å². The molecule has 3 fully saturated rings. The Bertz CT molecular complexity index is 990. The number of hydrogen-bond donors (Lipinski definition) is 3. The van der Waals surface area contributed by atoms with Gasteiger partial charge in [-0.05, 0) is 41.5 Å². The van der Waals surface area contributed by atoms with Gasteiger partial charge in [0.1, 0.15) is 11.2 Å². The molecule has 0 aromatic carbocycles. The van der Waals surface area contributed by atoms with Crippen molar-refractivity contribution in [1.29, 1.82) is 0 Å². The second-order valence-corrected chi connectivity index (χ2v) is 9.99. The van der Waals surface area contributed by atoms with E-state index in [9.17, 15) is 29.7 Å². The molecule has 0 radical (unpaired) electrons. The van der Waals surface area contributed by atoms with Gasteiger partial charge in [0.15, 0.2) is 18.3 Å². The molecule has 3 saturated heterocycles. The Balaban J connectivity index is 2.21. The van der Waals surface area contributed by atoms with Crippen LogP contribution < -0.4 is 0 Å². The number of carbonyl (C=O) groups is 3. The van der Waals surface area contributed by atoms with Gasteiger partial charge in [-0.3, -0.25) is 0 Å². The van der Waals surface area contributed by atoms with Crippen LogP contribution in [0.5, 0.6) is 0 Å². The minimum absolute atomic E-state index is 0.135. The first kappa shape index (κ1) is 27.1. The summed E-state index contributed by atoms with van der Waals surface area (Å²) in [6, 6.07) is 0. The SMILES string of the molecule is C=C1C(=O)O[C@H]2[C@H]1[C@@H](OC(=O)/C(C)=C\C)[C@]1(O)O[C@H](C[C@](C)(O)[C@@H]2OC(=O)/C(C)=C\C)C[C@@]1(C)O. The molecule has 8 atom stereocenters. The first-order valence-corrected chi connectivity index (χ1v) is 11.5. The standard InChI is InChI=1S/C25H34O10/c1-8-12(3)20(26)33-18-16-14(5)22(28)32-17(16)19(34-21(27)13(4)9-2)23(6,29)10-15-11-24(7,30)25(18,31)35-15/h8-9,15-19,29-31H,5,10-11H2,1-4,6-7H3/b12-8-,13-9-/t15-,16+,17+,18-,19-,23+,24-,25+/m1/s1. The van der Waals surface area contributed by atoms with Crippen molar-refractivity contribution in [2.75, 3.05) is 0 Å². The number of ether oxygens (including phenoxy) is 4. The lowest BCUT2D eigenvalue weighted by Crippen LogP contribution is -2.63. The summed E-state index contributed by atoms with van der Waals surface area (Å²) >= 11 is 0. The minimum Gasteiger partial charge on any atom is -0.454 e. The lowest BCUT2D eigenvalue weighted by Gasteiger charge is -2.43. The van der Waals surface area contributed by atoms with E-state index in [0.29, 0.717) is 0 Å². The molecule has 0 aromatic heterocycles. The Kier molecular flexibility index (Phi) is 7.08. The molecule has 0 spiro atoms. The molecule has 0 unspecified atom stereocenters. The molecule has 0 amide bonds. The zero-order valence-corrected chi connectivity index (χ0v) is 20.9. The zero-order valence-electron chi connectivity index (χ0n) is 20.9. The van der Waals surface area contributed by atoms with Gasteiger partial charge >= 0.3 is 17.9 Å². The van der Waals surface area contributed by atoms with E-state index in [0.717, 1.165) is 0 Å². The largest absolute Gasteiger partial charge is 0.454 e. The summed E-state index contributed by atoms with van der Waals surface area (Å²) in [6.45, 7) is 12.7. The number of fused-ring (bicyclic) bond motifs is 3. The summed E-state index contributed by atoms with van der Waals surface area (Å²) in [6.07, 6.45) is -2.74. The highest BCUT2D eigenvalue weighted by atomic mass is 16.7. The predicted octanol–water partition coefficient (Wildman–Crippen LogP) is 1.22. The molecule has 3 aliphatic heterocycles. The van der Waals surface area contributed by atoms with E-state index in [1.54, 1.807) is 13.8 Å². The molecule has 0 saturated carbocycles. The topological polar surface area (TPSA) is 149 Å². The molecule has 3 N–H and O–H groups in total. The molecule has 0 aliphatic carbocycles. The number of allylic oxidation sites excluding steroid dienone is 2. The lowest BCUT2D eigenvalue weighted by atomic mass is 9.73. The average molecular weight is 495 g/mol. The third-order valence-corrected chi connectivity index (χ3v) is 7.25. The smallest absolute Gasteiger partial charge is 0.334 e. The normalized spacial score (nSPS) is 41.9. The lowest BCUT2D eigenvalue weighted by molar-refractivity contribution is -0.312. The zero-order chi connectivity index (χ0) is 26.5. The van der Waals surface area contributed by atoms with Crippen LogP contribution in [0.4, 0.5) is 0 Å². The van der Waals surface area contributed by atoms with Gasteiger partial charge in [-0.1, -0.05) is 18.7 Å². The molecule has 194 valence electrons. The summed E-state index contributed by atoms with van der Waals surface area (Å²) in [7, 11) is 0. The van der Waals surface area contributed by atoms with Crippen LogP contribution in [0, 0.1) is 5.92 Å². The molecular formula is C25H34O10. The Morgan fingerprint density at radius 3 is 2.03 bits per heavy atom. The summed E-state index contributed by atoms with van der Waals surface area (Å²) in [5.74, 6) is -6.28. The monoisotopic (exact) mass is 494 g/mol. The molecule has 3 heterocycles. The fourth-order valence-electron chi connectivity index (χ4n) is 4.89. The van der Waals surface area contributed by atoms with Gasteiger partial charge in [0.05, 0.1) is 12.0 Å². The molecule has 0 aromatic rings. The number of esters is 3. The fourth-order valence-corrected chi connectivity index (χ4v) is 4.89. The Morgan fingerprint density at radius 2 is 1.51 bits per heavy atom. The van der Waals surface area contributed by atoms with Crippen molar-refractivity contribution >= 4 is 17.9 Å². The third kappa shape index (κ3) is 4.55. The van der Waals surface area contributed by atoms with Crippen molar-refractivity contribution in [2.24, 2.45) is 5.92 Å². The maximum atomic E-state index is 12.8. The minimum atomic E-state index is -2.49. The summed E-state index contributed by atoms with van der Waals surface area (Å²) in [5.41, 5.74) is -3.50. The van der Waals surface area contributed by atoms with E-state index in [1.165, 1.54) is 39.8 Å². The van der Waals surface area contributed by atoms with E-state index in [1.807, 2.05) is 0 Å². The highest BCUT2D eigenvalue weighted by molar-refractivity contribution is 5.92. The Morgan fingerprint density at radius 1 is 1.00 bits per heavy atom. The van der Waals surface area contributed by atoms with Gasteiger partial charge in [-0.25, -0.2) is 14.4 Å². The molecule has 3 rings (SSSR count). The summed E-state index contributed by atoms with van der Waals surface area (Å²) in [5, 5.41) is 34.4. The Hall–Kier alpha value is -2.53. The van der Waals surface area contributed by atoms with Gasteiger partial charge in [-0.15, -0.1) is 0 Å².